The van der Waals surface area contributed by atoms with Crippen molar-refractivity contribution in [2.75, 3.05) is 7.11 Å². The van der Waals surface area contributed by atoms with E-state index in [0.29, 0.717) is 0 Å². The van der Waals surface area contributed by atoms with Crippen molar-refractivity contribution in [2.24, 2.45) is 5.92 Å². The summed E-state index contributed by atoms with van der Waals surface area (Å²) in [4.78, 5) is 28.6. The van der Waals surface area contributed by atoms with Crippen LogP contribution in [0.2, 0.25) is 0 Å². The molecule has 4 aliphatic heterocycles. The lowest BCUT2D eigenvalue weighted by Crippen LogP contribution is -2.62. The van der Waals surface area contributed by atoms with Crippen molar-refractivity contribution < 1.29 is 108 Å². The second-order valence-corrected chi connectivity index (χ2v) is 18.5. The Morgan fingerprint density at radius 3 is 1.91 bits per heavy atom. The van der Waals surface area contributed by atoms with Gasteiger partial charge in [0.25, 0.3) is 0 Å². The maximum Gasteiger partial charge on any atom is 0.217 e. The lowest BCUT2D eigenvalue weighted by molar-refractivity contribution is -0.384. The van der Waals surface area contributed by atoms with E-state index in [-0.39, 0.29) is 58.9 Å². The summed E-state index contributed by atoms with van der Waals surface area (Å²) in [7, 11) is 1.15. The summed E-state index contributed by atoms with van der Waals surface area (Å²) in [6, 6.07) is 2.98. The fourth-order valence-electron chi connectivity index (χ4n) is 9.62. The number of ketones is 2. The van der Waals surface area contributed by atoms with Crippen molar-refractivity contribution in [1.29, 1.82) is 0 Å². The number of hydrogen-bond donors (Lipinski definition) is 11. The van der Waals surface area contributed by atoms with Crippen LogP contribution >= 0.6 is 0 Å². The standard InChI is InChI=1S/C45H64O22/c1-15-26(64-31-13-27(39(53)19(5)62-31)65-29-11-24(47)37(51)17(3)60-29)10-22-8-21-9-23(43(59-7)42(56)36(50)16(2)46)44(41(55)34(21)40(54)33(22)35(15)49)67-32-14-28(45(57,58)20(6)63-32)66-30-12-25(48)38(52)18(4)61-30/h8,10,16-20,23-25,27-32,36-39,43-44,46-54,57-58H,9,11-14H2,1-7H3/t16-,17-,18-,19-,20-,23+,24-,25-,27+,28-,29+,30+,31+,32+,36+,37-,38+,39-,43+,44+/m1/s1. The van der Waals surface area contributed by atoms with Gasteiger partial charge in [-0.15, -0.1) is 0 Å². The first-order valence-electron chi connectivity index (χ1n) is 22.5. The Morgan fingerprint density at radius 2 is 1.33 bits per heavy atom. The molecule has 4 fully saturated rings. The number of phenolic OH excluding ortho intramolecular Hbond substituents is 2. The minimum absolute atomic E-state index is 0.0385. The summed E-state index contributed by atoms with van der Waals surface area (Å²) in [6.45, 7) is 8.66. The van der Waals surface area contributed by atoms with Crippen molar-refractivity contribution in [2.45, 2.75) is 196 Å². The first kappa shape index (κ1) is 51.6. The van der Waals surface area contributed by atoms with Crippen LogP contribution in [0.15, 0.2) is 12.1 Å². The third kappa shape index (κ3) is 10.2. The molecule has 7 rings (SSSR count). The largest absolute Gasteiger partial charge is 0.507 e. The van der Waals surface area contributed by atoms with Gasteiger partial charge in [0, 0.05) is 44.3 Å². The minimum Gasteiger partial charge on any atom is -0.507 e. The number of aromatic hydroxyl groups is 2. The Bertz CT molecular complexity index is 2070. The predicted molar refractivity (Wildman–Crippen MR) is 225 cm³/mol. The smallest absolute Gasteiger partial charge is 0.217 e. The van der Waals surface area contributed by atoms with Gasteiger partial charge in [0.05, 0.1) is 53.7 Å². The number of ether oxygens (including phenoxy) is 9. The molecule has 4 saturated heterocycles. The van der Waals surface area contributed by atoms with Crippen LogP contribution in [-0.4, -0.2) is 197 Å². The van der Waals surface area contributed by atoms with E-state index in [9.17, 15) is 65.8 Å². The van der Waals surface area contributed by atoms with Crippen LogP contribution in [-0.2, 0) is 49.1 Å². The molecule has 0 amide bonds. The van der Waals surface area contributed by atoms with Crippen LogP contribution in [0.5, 0.6) is 17.2 Å². The summed E-state index contributed by atoms with van der Waals surface area (Å²) < 4.78 is 53.2. The Kier molecular flexibility index (Phi) is 15.6. The van der Waals surface area contributed by atoms with Crippen molar-refractivity contribution in [3.8, 4) is 17.2 Å². The maximum atomic E-state index is 14.8. The van der Waals surface area contributed by atoms with Crippen LogP contribution < -0.4 is 4.74 Å². The van der Waals surface area contributed by atoms with Crippen molar-refractivity contribution >= 4 is 22.3 Å². The average molecular weight is 957 g/mol. The fourth-order valence-corrected chi connectivity index (χ4v) is 9.62. The number of rotatable bonds is 13. The van der Waals surface area contributed by atoms with Crippen LogP contribution in [0.1, 0.15) is 81.8 Å². The van der Waals surface area contributed by atoms with Crippen LogP contribution in [0.25, 0.3) is 10.8 Å². The highest BCUT2D eigenvalue weighted by Crippen LogP contribution is 2.47. The Balaban J connectivity index is 1.19. The Hall–Kier alpha value is -3.24. The molecule has 4 heterocycles. The molecule has 22 heteroatoms. The first-order chi connectivity index (χ1) is 31.4. The molecule has 0 spiro atoms. The lowest BCUT2D eigenvalue weighted by atomic mass is 9.75. The molecular formula is C45H64O22. The van der Waals surface area contributed by atoms with E-state index in [1.807, 2.05) is 0 Å². The molecule has 0 saturated carbocycles. The van der Waals surface area contributed by atoms with Gasteiger partial charge in [-0.25, -0.2) is 0 Å². The van der Waals surface area contributed by atoms with Gasteiger partial charge >= 0.3 is 0 Å². The zero-order valence-corrected chi connectivity index (χ0v) is 38.1. The number of carbonyl (C=O) groups excluding carboxylic acids is 2. The molecule has 2 aromatic rings. The summed E-state index contributed by atoms with van der Waals surface area (Å²) in [5.41, 5.74) is -0.00394. The molecule has 0 aromatic heterocycles. The van der Waals surface area contributed by atoms with Crippen LogP contribution in [0.3, 0.4) is 0 Å². The van der Waals surface area contributed by atoms with Crippen molar-refractivity contribution in [3.63, 3.8) is 0 Å². The second kappa shape index (κ2) is 20.2. The monoisotopic (exact) mass is 956 g/mol. The number of phenols is 2. The van der Waals surface area contributed by atoms with Gasteiger partial charge in [-0.2, -0.15) is 0 Å². The highest BCUT2D eigenvalue weighted by atomic mass is 16.7. The molecule has 20 atom stereocenters. The van der Waals surface area contributed by atoms with E-state index in [1.165, 1.54) is 39.8 Å². The number of fused-ring (bicyclic) bond motifs is 2. The van der Waals surface area contributed by atoms with Gasteiger partial charge in [-0.1, -0.05) is 0 Å². The van der Waals surface area contributed by atoms with E-state index in [4.69, 9.17) is 42.6 Å². The SMILES string of the molecule is CO[C@H](C(=O)[C@@H](O)[C@@H](C)O)[C@@H]1Cc2cc3cc(O[C@H]4C[C@H](O[C@H]5C[C@@H](O)[C@H](O)[C@@H](C)O5)[C@H](O)[C@@H](C)O4)c(C)c(O)c3c(O)c2C(=O)[C@H]1O[C@H]1C[C@@H](O[C@H]2C[C@@H](O)[C@@H](O)[C@@H](C)O2)C(O)(O)[C@@H](C)O1. The van der Waals surface area contributed by atoms with Gasteiger partial charge in [0.2, 0.25) is 12.1 Å². The highest BCUT2D eigenvalue weighted by Gasteiger charge is 2.54. The molecule has 0 radical (unpaired) electrons. The number of hydrogen-bond acceptors (Lipinski definition) is 22. The van der Waals surface area contributed by atoms with Crippen molar-refractivity contribution in [1.82, 2.24) is 0 Å². The van der Waals surface area contributed by atoms with Gasteiger partial charge in [0.15, 0.2) is 30.4 Å². The summed E-state index contributed by atoms with van der Waals surface area (Å²) >= 11 is 0. The summed E-state index contributed by atoms with van der Waals surface area (Å²) in [5, 5.41) is 119. The van der Waals surface area contributed by atoms with Crippen molar-refractivity contribution in [3.05, 3.63) is 28.8 Å². The number of carbonyl (C=O) groups is 2. The van der Waals surface area contributed by atoms with Gasteiger partial charge in [-0.3, -0.25) is 9.59 Å². The van der Waals surface area contributed by atoms with Crippen LogP contribution in [0, 0.1) is 12.8 Å². The van der Waals surface area contributed by atoms with E-state index in [2.05, 4.69) is 0 Å². The maximum absolute atomic E-state index is 14.8. The Morgan fingerprint density at radius 1 is 0.761 bits per heavy atom. The molecule has 5 aliphatic rings. The predicted octanol–water partition coefficient (Wildman–Crippen LogP) is -1.20. The number of benzene rings is 2. The van der Waals surface area contributed by atoms with E-state index in [1.54, 1.807) is 13.8 Å². The fraction of sp³-hybridized carbons (Fsp3) is 0.733. The molecular weight excluding hydrogens is 892 g/mol. The first-order valence-corrected chi connectivity index (χ1v) is 22.5. The third-order valence-corrected chi connectivity index (χ3v) is 13.7. The number of methoxy groups -OCH3 is 1. The Labute approximate surface area is 385 Å². The normalized spacial score (nSPS) is 39.3. The molecule has 376 valence electrons. The van der Waals surface area contributed by atoms with E-state index in [0.717, 1.165) is 7.11 Å². The van der Waals surface area contributed by atoms with Crippen LogP contribution in [0.4, 0.5) is 0 Å². The van der Waals surface area contributed by atoms with E-state index >= 15 is 0 Å². The molecule has 11 N–H and O–H groups in total. The zero-order valence-electron chi connectivity index (χ0n) is 38.1. The topological polar surface area (TPSA) is 340 Å². The molecule has 0 unspecified atom stereocenters. The molecule has 67 heavy (non-hydrogen) atoms. The molecule has 2 aromatic carbocycles. The number of aliphatic hydroxyl groups is 9. The number of Topliss-reactive ketones (excluding diaryl/α,β-unsaturated/α-hetero) is 2. The third-order valence-electron chi connectivity index (χ3n) is 13.7. The molecule has 1 aliphatic carbocycles. The minimum atomic E-state index is -2.66. The number of aliphatic hydroxyl groups excluding tert-OH is 7. The summed E-state index contributed by atoms with van der Waals surface area (Å²) in [5.74, 6) is -6.88. The summed E-state index contributed by atoms with van der Waals surface area (Å²) in [6.07, 6.45) is -24.7. The van der Waals surface area contributed by atoms with E-state index < -0.39 is 158 Å². The lowest BCUT2D eigenvalue weighted by Gasteiger charge is -2.46. The van der Waals surface area contributed by atoms with Gasteiger partial charge < -0.3 is 98.8 Å². The average Bonchev–Trinajstić information content (AvgIpc) is 3.25. The zero-order chi connectivity index (χ0) is 49.1. The second-order valence-electron chi connectivity index (χ2n) is 18.5. The molecule has 22 nitrogen and oxygen atoms in total. The van der Waals surface area contributed by atoms with Gasteiger partial charge in [0.1, 0.15) is 66.1 Å². The van der Waals surface area contributed by atoms with Gasteiger partial charge in [-0.05, 0) is 71.0 Å². The quantitative estimate of drug-likeness (QED) is 0.105. The highest BCUT2D eigenvalue weighted by molar-refractivity contribution is 6.11. The molecule has 0 bridgehead atoms.